The van der Waals surface area contributed by atoms with E-state index in [1.165, 1.54) is 5.39 Å². The van der Waals surface area contributed by atoms with Gasteiger partial charge in [0, 0.05) is 17.0 Å². The van der Waals surface area contributed by atoms with E-state index in [0.29, 0.717) is 0 Å². The van der Waals surface area contributed by atoms with Gasteiger partial charge in [-0.2, -0.15) is 0 Å². The van der Waals surface area contributed by atoms with Crippen LogP contribution < -0.4 is 5.43 Å². The fourth-order valence-electron chi connectivity index (χ4n) is 1.72. The molecular formula is C14H18N2O. The topological polar surface area (TPSA) is 34.0 Å². The molecule has 0 aliphatic heterocycles. The lowest BCUT2D eigenvalue weighted by molar-refractivity contribution is -0.124. The number of hydrogen-bond acceptors (Lipinski definition) is 1. The minimum Gasteiger partial charge on any atom is -0.273 e. The molecule has 3 heteroatoms. The maximum atomic E-state index is 12.0. The summed E-state index contributed by atoms with van der Waals surface area (Å²) in [5, 5.41) is 1.17. The molecule has 0 unspecified atom stereocenters. The Balaban J connectivity index is 2.41. The Kier molecular flexibility index (Phi) is 2.69. The predicted octanol–water partition coefficient (Wildman–Crippen LogP) is 3.07. The summed E-state index contributed by atoms with van der Waals surface area (Å²) in [6, 6.07) is 8.04. The molecule has 0 atom stereocenters. The molecule has 1 N–H and O–H groups in total. The summed E-state index contributed by atoms with van der Waals surface area (Å²) in [6.45, 7) is 7.75. The molecule has 0 aliphatic carbocycles. The molecule has 1 aromatic carbocycles. The van der Waals surface area contributed by atoms with Gasteiger partial charge in [0.05, 0.1) is 5.52 Å². The maximum Gasteiger partial charge on any atom is 0.244 e. The standard InChI is InChI=1S/C14H18N2O/c1-10-9-16(15-13(17)14(2,3)4)12-8-6-5-7-11(10)12/h5-9H,1-4H3,(H,15,17). The highest BCUT2D eigenvalue weighted by Crippen LogP contribution is 2.20. The first-order valence-electron chi connectivity index (χ1n) is 5.78. The van der Waals surface area contributed by atoms with Gasteiger partial charge in [-0.3, -0.25) is 14.9 Å². The lowest BCUT2D eigenvalue weighted by Crippen LogP contribution is -2.33. The number of aryl methyl sites for hydroxylation is 1. The molecule has 1 heterocycles. The number of nitrogens with one attached hydrogen (secondary N) is 1. The molecule has 0 bridgehead atoms. The van der Waals surface area contributed by atoms with E-state index >= 15 is 0 Å². The Morgan fingerprint density at radius 1 is 1.24 bits per heavy atom. The van der Waals surface area contributed by atoms with Gasteiger partial charge in [0.2, 0.25) is 5.91 Å². The molecule has 1 amide bonds. The number of carbonyl (C=O) groups is 1. The SMILES string of the molecule is Cc1cn(NC(=O)C(C)(C)C)c2ccccc12. The van der Waals surface area contributed by atoms with Crippen LogP contribution in [0.25, 0.3) is 10.9 Å². The second kappa shape index (κ2) is 3.91. The average Bonchev–Trinajstić information content (AvgIpc) is 2.56. The van der Waals surface area contributed by atoms with Crippen LogP contribution in [0.15, 0.2) is 30.5 Å². The largest absolute Gasteiger partial charge is 0.273 e. The summed E-state index contributed by atoms with van der Waals surface area (Å²) in [7, 11) is 0. The fourth-order valence-corrected chi connectivity index (χ4v) is 1.72. The Hall–Kier alpha value is -1.77. The molecule has 0 fully saturated rings. The zero-order chi connectivity index (χ0) is 12.6. The number of aromatic nitrogens is 1. The van der Waals surface area contributed by atoms with Crippen molar-refractivity contribution in [1.82, 2.24) is 4.68 Å². The van der Waals surface area contributed by atoms with Crippen LogP contribution in [0, 0.1) is 12.3 Å². The minimum absolute atomic E-state index is 0.0123. The van der Waals surface area contributed by atoms with Gasteiger partial charge in [-0.05, 0) is 18.6 Å². The van der Waals surface area contributed by atoms with Crippen molar-refractivity contribution in [1.29, 1.82) is 0 Å². The lowest BCUT2D eigenvalue weighted by atomic mass is 9.96. The number of hydrogen-bond donors (Lipinski definition) is 1. The van der Waals surface area contributed by atoms with E-state index in [9.17, 15) is 4.79 Å². The van der Waals surface area contributed by atoms with Crippen LogP contribution >= 0.6 is 0 Å². The molecule has 2 aromatic rings. The first-order valence-corrected chi connectivity index (χ1v) is 5.78. The van der Waals surface area contributed by atoms with Crippen LogP contribution in [0.5, 0.6) is 0 Å². The maximum absolute atomic E-state index is 12.0. The number of rotatable bonds is 1. The van der Waals surface area contributed by atoms with Gasteiger partial charge in [-0.1, -0.05) is 39.0 Å². The number of carbonyl (C=O) groups excluding carboxylic acids is 1. The van der Waals surface area contributed by atoms with Crippen LogP contribution in [-0.2, 0) is 4.79 Å². The highest BCUT2D eigenvalue weighted by molar-refractivity contribution is 5.91. The van der Waals surface area contributed by atoms with Gasteiger partial charge in [0.1, 0.15) is 0 Å². The van der Waals surface area contributed by atoms with Crippen LogP contribution in [0.4, 0.5) is 0 Å². The lowest BCUT2D eigenvalue weighted by Gasteiger charge is -2.18. The van der Waals surface area contributed by atoms with Crippen molar-refractivity contribution in [3.63, 3.8) is 0 Å². The third-order valence-corrected chi connectivity index (χ3v) is 2.81. The highest BCUT2D eigenvalue weighted by Gasteiger charge is 2.21. The van der Waals surface area contributed by atoms with Crippen LogP contribution in [0.2, 0.25) is 0 Å². The van der Waals surface area contributed by atoms with Crippen molar-refractivity contribution in [2.45, 2.75) is 27.7 Å². The van der Waals surface area contributed by atoms with Crippen molar-refractivity contribution in [3.8, 4) is 0 Å². The van der Waals surface area contributed by atoms with Crippen LogP contribution in [-0.4, -0.2) is 10.6 Å². The fraction of sp³-hybridized carbons (Fsp3) is 0.357. The van der Waals surface area contributed by atoms with Crippen LogP contribution in [0.1, 0.15) is 26.3 Å². The number of para-hydroxylation sites is 1. The van der Waals surface area contributed by atoms with Crippen molar-refractivity contribution < 1.29 is 4.79 Å². The van der Waals surface area contributed by atoms with Crippen molar-refractivity contribution >= 4 is 16.8 Å². The predicted molar refractivity (Wildman–Crippen MR) is 70.5 cm³/mol. The number of benzene rings is 1. The zero-order valence-electron chi connectivity index (χ0n) is 10.7. The van der Waals surface area contributed by atoms with E-state index in [-0.39, 0.29) is 11.3 Å². The van der Waals surface area contributed by atoms with Crippen molar-refractivity contribution in [3.05, 3.63) is 36.0 Å². The quantitative estimate of drug-likeness (QED) is 0.802. The number of nitrogens with zero attached hydrogens (tertiary/aromatic N) is 1. The first kappa shape index (κ1) is 11.7. The van der Waals surface area contributed by atoms with Crippen LogP contribution in [0.3, 0.4) is 0 Å². The third-order valence-electron chi connectivity index (χ3n) is 2.81. The average molecular weight is 230 g/mol. The Labute approximate surface area is 101 Å². The summed E-state index contributed by atoms with van der Waals surface area (Å²) in [6.07, 6.45) is 1.95. The molecule has 3 nitrogen and oxygen atoms in total. The molecule has 0 saturated heterocycles. The smallest absolute Gasteiger partial charge is 0.244 e. The van der Waals surface area contributed by atoms with E-state index in [4.69, 9.17) is 0 Å². The Morgan fingerprint density at radius 2 is 1.88 bits per heavy atom. The molecule has 0 radical (unpaired) electrons. The van der Waals surface area contributed by atoms with Crippen molar-refractivity contribution in [2.24, 2.45) is 5.41 Å². The van der Waals surface area contributed by atoms with Gasteiger partial charge in [0.25, 0.3) is 0 Å². The highest BCUT2D eigenvalue weighted by atomic mass is 16.2. The van der Waals surface area contributed by atoms with Gasteiger partial charge < -0.3 is 0 Å². The third kappa shape index (κ3) is 2.18. The second-order valence-corrected chi connectivity index (χ2v) is 5.39. The monoisotopic (exact) mass is 230 g/mol. The van der Waals surface area contributed by atoms with E-state index in [0.717, 1.165) is 11.1 Å². The van der Waals surface area contributed by atoms with Gasteiger partial charge in [-0.25, -0.2) is 0 Å². The van der Waals surface area contributed by atoms with Gasteiger partial charge in [-0.15, -0.1) is 0 Å². The molecule has 1 aromatic heterocycles. The normalized spacial score (nSPS) is 11.8. The van der Waals surface area contributed by atoms with E-state index in [1.54, 1.807) is 4.68 Å². The molecule has 90 valence electrons. The molecule has 2 rings (SSSR count). The van der Waals surface area contributed by atoms with Gasteiger partial charge >= 0.3 is 0 Å². The number of amides is 1. The second-order valence-electron chi connectivity index (χ2n) is 5.39. The number of fused-ring (bicyclic) bond motifs is 1. The van der Waals surface area contributed by atoms with E-state index < -0.39 is 0 Å². The summed E-state index contributed by atoms with van der Waals surface area (Å²) >= 11 is 0. The first-order chi connectivity index (χ1) is 7.89. The Morgan fingerprint density at radius 3 is 2.53 bits per heavy atom. The summed E-state index contributed by atoms with van der Waals surface area (Å²) in [5.74, 6) is 0.0123. The minimum atomic E-state index is -0.390. The van der Waals surface area contributed by atoms with Gasteiger partial charge in [0.15, 0.2) is 0 Å². The van der Waals surface area contributed by atoms with E-state index in [2.05, 4.69) is 11.5 Å². The molecule has 0 spiro atoms. The molecule has 17 heavy (non-hydrogen) atoms. The summed E-state index contributed by atoms with van der Waals surface area (Å²) in [5.41, 5.74) is 4.73. The molecule has 0 saturated carbocycles. The summed E-state index contributed by atoms with van der Waals surface area (Å²) < 4.78 is 1.80. The summed E-state index contributed by atoms with van der Waals surface area (Å²) in [4.78, 5) is 12.0. The zero-order valence-corrected chi connectivity index (χ0v) is 10.7. The van der Waals surface area contributed by atoms with E-state index in [1.807, 2.05) is 52.1 Å². The van der Waals surface area contributed by atoms with Crippen molar-refractivity contribution in [2.75, 3.05) is 5.43 Å². The molecular weight excluding hydrogens is 212 g/mol. The Bertz CT molecular complexity index is 561. The molecule has 0 aliphatic rings.